The van der Waals surface area contributed by atoms with E-state index in [1.165, 1.54) is 16.7 Å². The van der Waals surface area contributed by atoms with Gasteiger partial charge in [0, 0.05) is 18.7 Å². The van der Waals surface area contributed by atoms with Gasteiger partial charge in [-0.2, -0.15) is 0 Å². The van der Waals surface area contributed by atoms with Gasteiger partial charge in [0.1, 0.15) is 12.4 Å². The maximum absolute atomic E-state index is 11.3. The number of hydrogen-bond acceptors (Lipinski definition) is 3. The number of carboxylic acids is 1. The van der Waals surface area contributed by atoms with Crippen LogP contribution < -0.4 is 4.74 Å². The lowest BCUT2D eigenvalue weighted by Gasteiger charge is -2.29. The molecule has 0 aliphatic carbocycles. The Hall–Kier alpha value is -2.30. The van der Waals surface area contributed by atoms with Gasteiger partial charge < -0.3 is 9.84 Å². The Balaban J connectivity index is 0.00000210. The predicted octanol–water partition coefficient (Wildman–Crippen LogP) is 4.23. The summed E-state index contributed by atoms with van der Waals surface area (Å²) in [7, 11) is 0. The number of ether oxygens (including phenoxy) is 1. The van der Waals surface area contributed by atoms with Crippen LogP contribution in [0, 0.1) is 5.92 Å². The number of hydrogen-bond donors (Lipinski definition) is 1. The summed E-state index contributed by atoms with van der Waals surface area (Å²) >= 11 is 0. The third-order valence-corrected chi connectivity index (χ3v) is 5.28. The molecule has 0 spiro atoms. The highest BCUT2D eigenvalue weighted by molar-refractivity contribution is 5.85. The minimum Gasteiger partial charge on any atom is -0.488 e. The number of aliphatic carboxylic acids is 1. The molecule has 1 saturated heterocycles. The minimum absolute atomic E-state index is 0. The van der Waals surface area contributed by atoms with Gasteiger partial charge in [-0.15, -0.1) is 12.4 Å². The number of fused-ring (bicyclic) bond motifs is 2. The molecular formula is C22H24ClNO3. The monoisotopic (exact) mass is 385 g/mol. The number of para-hydroxylation sites is 1. The van der Waals surface area contributed by atoms with E-state index in [-0.39, 0.29) is 18.3 Å². The van der Waals surface area contributed by atoms with Gasteiger partial charge in [-0.1, -0.05) is 48.5 Å². The summed E-state index contributed by atoms with van der Waals surface area (Å²) in [6, 6.07) is 16.5. The second-order valence-corrected chi connectivity index (χ2v) is 7.00. The molecule has 1 N–H and O–H groups in total. The van der Waals surface area contributed by atoms with Crippen LogP contribution in [0.4, 0.5) is 0 Å². The SMILES string of the molecule is Cl.O=C(O)[C@@H]1CCCN(CC=C2c3ccccc3COc3ccccc32)C1. The summed E-state index contributed by atoms with van der Waals surface area (Å²) < 4.78 is 6.01. The maximum atomic E-state index is 11.3. The van der Waals surface area contributed by atoms with Gasteiger partial charge in [-0.3, -0.25) is 9.69 Å². The predicted molar refractivity (Wildman–Crippen MR) is 108 cm³/mol. The van der Waals surface area contributed by atoms with Crippen molar-refractivity contribution in [2.45, 2.75) is 19.4 Å². The molecule has 0 radical (unpaired) electrons. The zero-order valence-corrected chi connectivity index (χ0v) is 16.0. The third kappa shape index (κ3) is 4.18. The molecule has 2 aliphatic rings. The van der Waals surface area contributed by atoms with Crippen molar-refractivity contribution >= 4 is 23.9 Å². The highest BCUT2D eigenvalue weighted by Gasteiger charge is 2.25. The van der Waals surface area contributed by atoms with Gasteiger partial charge in [0.25, 0.3) is 0 Å². The fourth-order valence-corrected chi connectivity index (χ4v) is 3.89. The lowest BCUT2D eigenvalue weighted by atomic mass is 9.93. The lowest BCUT2D eigenvalue weighted by molar-refractivity contribution is -0.143. The van der Waals surface area contributed by atoms with Crippen molar-refractivity contribution in [1.82, 2.24) is 4.90 Å². The minimum atomic E-state index is -0.680. The first kappa shape index (κ1) is 19.5. The van der Waals surface area contributed by atoms with Crippen molar-refractivity contribution in [3.63, 3.8) is 0 Å². The van der Waals surface area contributed by atoms with Gasteiger partial charge in [0.2, 0.25) is 0 Å². The molecule has 142 valence electrons. The maximum Gasteiger partial charge on any atom is 0.307 e. The number of benzene rings is 2. The van der Waals surface area contributed by atoms with Crippen molar-refractivity contribution in [3.05, 3.63) is 71.3 Å². The average Bonchev–Trinajstić information content (AvgIpc) is 2.83. The summed E-state index contributed by atoms with van der Waals surface area (Å²) in [4.78, 5) is 13.6. The Bertz CT molecular complexity index is 799. The van der Waals surface area contributed by atoms with Gasteiger partial charge in [-0.05, 0) is 42.2 Å². The normalized spacial score (nSPS) is 20.6. The van der Waals surface area contributed by atoms with E-state index in [4.69, 9.17) is 4.74 Å². The number of piperidine rings is 1. The van der Waals surface area contributed by atoms with E-state index in [1.54, 1.807) is 0 Å². The molecular weight excluding hydrogens is 362 g/mol. The fraction of sp³-hybridized carbons (Fsp3) is 0.318. The number of likely N-dealkylation sites (tertiary alicyclic amines) is 1. The number of carbonyl (C=O) groups is 1. The Kier molecular flexibility index (Phi) is 6.19. The summed E-state index contributed by atoms with van der Waals surface area (Å²) in [5.41, 5.74) is 4.65. The number of nitrogens with zero attached hydrogens (tertiary/aromatic N) is 1. The van der Waals surface area contributed by atoms with Crippen LogP contribution in [0.25, 0.3) is 5.57 Å². The van der Waals surface area contributed by atoms with E-state index in [1.807, 2.05) is 24.3 Å². The molecule has 5 heteroatoms. The highest BCUT2D eigenvalue weighted by Crippen LogP contribution is 2.36. The van der Waals surface area contributed by atoms with E-state index in [0.29, 0.717) is 13.2 Å². The van der Waals surface area contributed by atoms with Crippen LogP contribution in [0.1, 0.15) is 29.5 Å². The smallest absolute Gasteiger partial charge is 0.307 e. The van der Waals surface area contributed by atoms with Gasteiger partial charge in [0.15, 0.2) is 0 Å². The van der Waals surface area contributed by atoms with Crippen molar-refractivity contribution in [2.75, 3.05) is 19.6 Å². The lowest BCUT2D eigenvalue weighted by Crippen LogP contribution is -2.38. The first-order valence-corrected chi connectivity index (χ1v) is 9.18. The van der Waals surface area contributed by atoms with Gasteiger partial charge in [0.05, 0.1) is 5.92 Å². The van der Waals surface area contributed by atoms with Crippen molar-refractivity contribution in [1.29, 1.82) is 0 Å². The topological polar surface area (TPSA) is 49.8 Å². The summed E-state index contributed by atoms with van der Waals surface area (Å²) in [5, 5.41) is 9.31. The average molecular weight is 386 g/mol. The zero-order valence-electron chi connectivity index (χ0n) is 15.1. The highest BCUT2D eigenvalue weighted by atomic mass is 35.5. The molecule has 4 rings (SSSR count). The zero-order chi connectivity index (χ0) is 17.9. The molecule has 2 aliphatic heterocycles. The molecule has 2 aromatic rings. The fourth-order valence-electron chi connectivity index (χ4n) is 3.89. The molecule has 1 atom stereocenters. The number of rotatable bonds is 3. The Morgan fingerprint density at radius 1 is 1.15 bits per heavy atom. The molecule has 2 heterocycles. The number of halogens is 1. The second kappa shape index (κ2) is 8.59. The molecule has 0 amide bonds. The molecule has 0 saturated carbocycles. The molecule has 2 aromatic carbocycles. The molecule has 0 aromatic heterocycles. The van der Waals surface area contributed by atoms with Crippen LogP contribution >= 0.6 is 12.4 Å². The summed E-state index contributed by atoms with van der Waals surface area (Å²) in [6.07, 6.45) is 3.95. The van der Waals surface area contributed by atoms with E-state index >= 15 is 0 Å². The van der Waals surface area contributed by atoms with Gasteiger partial charge in [-0.25, -0.2) is 0 Å². The first-order valence-electron chi connectivity index (χ1n) is 9.18. The van der Waals surface area contributed by atoms with Crippen LogP contribution in [0.15, 0.2) is 54.6 Å². The van der Waals surface area contributed by atoms with Gasteiger partial charge >= 0.3 is 5.97 Å². The van der Waals surface area contributed by atoms with Crippen LogP contribution in [0.2, 0.25) is 0 Å². The van der Waals surface area contributed by atoms with E-state index < -0.39 is 5.97 Å². The van der Waals surface area contributed by atoms with Crippen molar-refractivity contribution in [2.24, 2.45) is 5.92 Å². The van der Waals surface area contributed by atoms with Crippen molar-refractivity contribution < 1.29 is 14.6 Å². The van der Waals surface area contributed by atoms with Crippen LogP contribution in [-0.4, -0.2) is 35.6 Å². The molecule has 0 unspecified atom stereocenters. The Labute approximate surface area is 165 Å². The Morgan fingerprint density at radius 3 is 2.70 bits per heavy atom. The molecule has 1 fully saturated rings. The van der Waals surface area contributed by atoms with Crippen LogP contribution in [-0.2, 0) is 11.4 Å². The quantitative estimate of drug-likeness (QED) is 0.859. The third-order valence-electron chi connectivity index (χ3n) is 5.28. The standard InChI is InChI=1S/C22H23NO3.ClH/c24-22(25)16-7-5-12-23(14-16)13-11-19-18-8-2-1-6-17(18)15-26-21-10-4-3-9-20(19)21;/h1-4,6,8-11,16H,5,7,12-15H2,(H,24,25);1H/t16-;/m1./s1. The summed E-state index contributed by atoms with van der Waals surface area (Å²) in [5.74, 6) is -0.0305. The van der Waals surface area contributed by atoms with Crippen LogP contribution in [0.5, 0.6) is 5.75 Å². The number of carboxylic acid groups (broad SMARTS) is 1. The second-order valence-electron chi connectivity index (χ2n) is 7.00. The first-order chi connectivity index (χ1) is 12.7. The van der Waals surface area contributed by atoms with E-state index in [9.17, 15) is 9.90 Å². The van der Waals surface area contributed by atoms with Crippen molar-refractivity contribution in [3.8, 4) is 5.75 Å². The van der Waals surface area contributed by atoms with E-state index in [0.717, 1.165) is 37.2 Å². The Morgan fingerprint density at radius 2 is 1.89 bits per heavy atom. The molecule has 0 bridgehead atoms. The van der Waals surface area contributed by atoms with E-state index in [2.05, 4.69) is 35.2 Å². The largest absolute Gasteiger partial charge is 0.488 e. The summed E-state index contributed by atoms with van der Waals surface area (Å²) in [6.45, 7) is 2.89. The molecule has 4 nitrogen and oxygen atoms in total. The van der Waals surface area contributed by atoms with Crippen LogP contribution in [0.3, 0.4) is 0 Å². The molecule has 27 heavy (non-hydrogen) atoms.